The maximum absolute atomic E-state index is 13.1. The van der Waals surface area contributed by atoms with E-state index in [-0.39, 0.29) is 23.1 Å². The lowest BCUT2D eigenvalue weighted by Gasteiger charge is -2.07. The Labute approximate surface area is 89.8 Å². The van der Waals surface area contributed by atoms with Gasteiger partial charge in [0.2, 0.25) is 0 Å². The predicted octanol–water partition coefficient (Wildman–Crippen LogP) is 2.72. The van der Waals surface area contributed by atoms with Gasteiger partial charge in [0.15, 0.2) is 5.75 Å². The van der Waals surface area contributed by atoms with Crippen molar-refractivity contribution in [3.63, 3.8) is 0 Å². The third kappa shape index (κ3) is 2.98. The predicted molar refractivity (Wildman–Crippen MR) is 51.6 cm³/mol. The third-order valence-electron chi connectivity index (χ3n) is 1.44. The summed E-state index contributed by atoms with van der Waals surface area (Å²) in [5.41, 5.74) is 2.07. The van der Waals surface area contributed by atoms with Crippen LogP contribution in [0.15, 0.2) is 12.1 Å². The van der Waals surface area contributed by atoms with E-state index < -0.39 is 5.82 Å². The maximum atomic E-state index is 13.1. The van der Waals surface area contributed by atoms with E-state index in [0.29, 0.717) is 0 Å². The highest BCUT2D eigenvalue weighted by molar-refractivity contribution is 6.32. The Morgan fingerprint density at radius 1 is 1.53 bits per heavy atom. The van der Waals surface area contributed by atoms with Gasteiger partial charge in [0, 0.05) is 10.6 Å². The topological polar surface area (TPSA) is 30.5 Å². The van der Waals surface area contributed by atoms with E-state index >= 15 is 0 Å². The number of nitrogens with one attached hydrogen (secondary N) is 1. The molecule has 0 fully saturated rings. The van der Waals surface area contributed by atoms with Gasteiger partial charge in [0.1, 0.15) is 18.1 Å². The lowest BCUT2D eigenvalue weighted by Crippen LogP contribution is -2.03. The fourth-order valence-electron chi connectivity index (χ4n) is 0.822. The molecule has 0 aliphatic heterocycles. The van der Waals surface area contributed by atoms with E-state index in [1.807, 2.05) is 0 Å². The number of hydrogen-bond acceptors (Lipinski definition) is 3. The second-order valence-electron chi connectivity index (χ2n) is 2.43. The lowest BCUT2D eigenvalue weighted by atomic mass is 10.3. The lowest BCUT2D eigenvalue weighted by molar-refractivity contribution is -0.00612. The van der Waals surface area contributed by atoms with Crippen molar-refractivity contribution in [2.24, 2.45) is 0 Å². The van der Waals surface area contributed by atoms with E-state index in [1.54, 1.807) is 0 Å². The second kappa shape index (κ2) is 5.39. The number of terminal acetylenes is 1. The summed E-state index contributed by atoms with van der Waals surface area (Å²) < 4.78 is 25.0. The molecule has 0 unspecified atom stereocenters. The summed E-state index contributed by atoms with van der Waals surface area (Å²) in [6.45, 7) is -0.0616. The Hall–Kier alpha value is -1.51. The third-order valence-corrected chi connectivity index (χ3v) is 1.74. The Kier molecular flexibility index (Phi) is 4.16. The van der Waals surface area contributed by atoms with Crippen LogP contribution in [0.5, 0.6) is 5.75 Å². The van der Waals surface area contributed by atoms with Gasteiger partial charge in [-0.2, -0.15) is 0 Å². The molecule has 0 spiro atoms. The summed E-state index contributed by atoms with van der Waals surface area (Å²) in [5, 5.41) is -0.183. The number of halogens is 3. The average Bonchev–Trinajstić information content (AvgIpc) is 2.21. The van der Waals surface area contributed by atoms with Crippen molar-refractivity contribution in [1.82, 2.24) is 0 Å². The van der Waals surface area contributed by atoms with Gasteiger partial charge >= 0.3 is 0 Å². The average molecular weight is 234 g/mol. The van der Waals surface area contributed by atoms with Crippen LogP contribution < -0.4 is 10.4 Å². The monoisotopic (exact) mass is 233 g/mol. The first-order valence-corrected chi connectivity index (χ1v) is 4.15. The Morgan fingerprint density at radius 3 is 2.87 bits per heavy atom. The minimum absolute atomic E-state index is 0.0616. The molecule has 0 saturated carbocycles. The fraction of sp³-hybridized carbons (Fsp3) is 0.111. The molecule has 1 rings (SSSR count). The smallest absolute Gasteiger partial charge is 0.192 e. The highest BCUT2D eigenvalue weighted by Gasteiger charge is 2.10. The Morgan fingerprint density at radius 2 is 2.27 bits per heavy atom. The summed E-state index contributed by atoms with van der Waals surface area (Å²) in [4.78, 5) is 8.05. The zero-order valence-electron chi connectivity index (χ0n) is 7.39. The molecule has 0 saturated heterocycles. The van der Waals surface area contributed by atoms with Crippen LogP contribution in [0.1, 0.15) is 0 Å². The van der Waals surface area contributed by atoms with Crippen LogP contribution >= 0.6 is 11.6 Å². The van der Waals surface area contributed by atoms with Crippen LogP contribution in [0, 0.1) is 18.2 Å². The molecule has 1 aromatic rings. The maximum Gasteiger partial charge on any atom is 0.192 e. The molecule has 3 nitrogen and oxygen atoms in total. The highest BCUT2D eigenvalue weighted by atomic mass is 35.5. The van der Waals surface area contributed by atoms with Gasteiger partial charge in [-0.15, -0.1) is 6.42 Å². The van der Waals surface area contributed by atoms with Crippen LogP contribution in [0.3, 0.4) is 0 Å². The first-order chi connectivity index (χ1) is 7.19. The molecule has 0 aliphatic carbocycles. The first-order valence-electron chi connectivity index (χ1n) is 3.78. The van der Waals surface area contributed by atoms with Gasteiger partial charge in [-0.05, 0) is 6.07 Å². The zero-order chi connectivity index (χ0) is 11.3. The van der Waals surface area contributed by atoms with Gasteiger partial charge in [-0.1, -0.05) is 17.5 Å². The van der Waals surface area contributed by atoms with Crippen molar-refractivity contribution in [1.29, 1.82) is 0 Å². The largest absolute Gasteiger partial charge is 0.293 e. The van der Waals surface area contributed by atoms with E-state index in [0.717, 1.165) is 12.1 Å². The van der Waals surface area contributed by atoms with Gasteiger partial charge < -0.3 is 0 Å². The molecular formula is C9H6ClF2NO2. The zero-order valence-corrected chi connectivity index (χ0v) is 8.15. The summed E-state index contributed by atoms with van der Waals surface area (Å²) in [7, 11) is 0. The van der Waals surface area contributed by atoms with E-state index in [4.69, 9.17) is 18.0 Å². The van der Waals surface area contributed by atoms with Crippen LogP contribution in [0.25, 0.3) is 0 Å². The number of hydrogen-bond donors (Lipinski definition) is 1. The highest BCUT2D eigenvalue weighted by Crippen LogP contribution is 2.30. The van der Waals surface area contributed by atoms with Crippen LogP contribution in [-0.2, 0) is 4.84 Å². The molecule has 15 heavy (non-hydrogen) atoms. The molecule has 0 aliphatic rings. The molecule has 80 valence electrons. The van der Waals surface area contributed by atoms with Gasteiger partial charge in [-0.25, -0.2) is 4.39 Å². The molecule has 0 atom stereocenters. The normalized spacial score (nSPS) is 9.47. The van der Waals surface area contributed by atoms with Crippen LogP contribution in [0.2, 0.25) is 5.02 Å². The molecular weight excluding hydrogens is 228 g/mol. The molecule has 1 aromatic carbocycles. The van der Waals surface area contributed by atoms with Gasteiger partial charge in [0.05, 0.1) is 5.02 Å². The molecule has 0 amide bonds. The standard InChI is InChI=1S/C9H6ClF2NO2/c1-2-3-14-13-8-5-9(15-12)6(10)4-7(8)11/h1,4-5,13H,3H2. The molecule has 0 bridgehead atoms. The van der Waals surface area contributed by atoms with Crippen LogP contribution in [0.4, 0.5) is 14.6 Å². The minimum Gasteiger partial charge on any atom is -0.293 e. The van der Waals surface area contributed by atoms with Crippen molar-refractivity contribution in [2.75, 3.05) is 12.1 Å². The number of rotatable bonds is 4. The van der Waals surface area contributed by atoms with Crippen LogP contribution in [-0.4, -0.2) is 6.61 Å². The summed E-state index contributed by atoms with van der Waals surface area (Å²) in [5.74, 6) is 1.13. The Balaban J connectivity index is 2.83. The summed E-state index contributed by atoms with van der Waals surface area (Å²) >= 11 is 5.46. The van der Waals surface area contributed by atoms with Crippen molar-refractivity contribution in [3.05, 3.63) is 23.0 Å². The van der Waals surface area contributed by atoms with Crippen molar-refractivity contribution >= 4 is 17.3 Å². The summed E-state index contributed by atoms with van der Waals surface area (Å²) in [6.07, 6.45) is 4.90. The van der Waals surface area contributed by atoms with Crippen molar-refractivity contribution in [3.8, 4) is 18.1 Å². The Bertz CT molecular complexity index is 392. The van der Waals surface area contributed by atoms with E-state index in [1.165, 1.54) is 0 Å². The van der Waals surface area contributed by atoms with Gasteiger partial charge in [0.25, 0.3) is 0 Å². The van der Waals surface area contributed by atoms with Crippen molar-refractivity contribution < 1.29 is 18.7 Å². The fourth-order valence-corrected chi connectivity index (χ4v) is 1.00. The molecule has 0 heterocycles. The number of benzene rings is 1. The number of anilines is 1. The molecule has 0 aromatic heterocycles. The molecule has 1 N–H and O–H groups in total. The van der Waals surface area contributed by atoms with Gasteiger partial charge in [-0.3, -0.25) is 15.3 Å². The quantitative estimate of drug-likeness (QED) is 0.493. The second-order valence-corrected chi connectivity index (χ2v) is 2.84. The SMILES string of the molecule is C#CCONc1cc(OF)c(Cl)cc1F. The van der Waals surface area contributed by atoms with Crippen molar-refractivity contribution in [2.45, 2.75) is 0 Å². The summed E-state index contributed by atoms with van der Waals surface area (Å²) in [6, 6.07) is 1.90. The van der Waals surface area contributed by atoms with E-state index in [9.17, 15) is 8.92 Å². The molecule has 6 heteroatoms. The first kappa shape index (κ1) is 11.6. The minimum atomic E-state index is -0.710. The molecule has 0 radical (unpaired) electrons. The van der Waals surface area contributed by atoms with E-state index in [2.05, 4.69) is 21.2 Å².